The van der Waals surface area contributed by atoms with Crippen molar-refractivity contribution >= 4 is 34.3 Å². The Morgan fingerprint density at radius 3 is 2.81 bits per heavy atom. The molecule has 0 bridgehead atoms. The van der Waals surface area contributed by atoms with Crippen LogP contribution < -0.4 is 10.9 Å². The van der Waals surface area contributed by atoms with E-state index >= 15 is 0 Å². The standard InChI is InChI=1S/C18H23N5O2S/c1-3-4-5-8-11-19-15(24)12-26-18-21-20-17-22(2)16(25)13-9-6-7-10-14(13)23(17)18/h6-7,9-10H,3-5,8,11-12H2,1-2H3,(H,19,24). The second-order valence-corrected chi connectivity index (χ2v) is 7.14. The van der Waals surface area contributed by atoms with E-state index in [1.165, 1.54) is 29.2 Å². The van der Waals surface area contributed by atoms with Crippen LogP contribution in [0.2, 0.25) is 0 Å². The van der Waals surface area contributed by atoms with Crippen LogP contribution in [0, 0.1) is 0 Å². The quantitative estimate of drug-likeness (QED) is 0.484. The zero-order chi connectivity index (χ0) is 18.5. The minimum atomic E-state index is -0.109. The molecule has 0 aliphatic rings. The molecule has 0 atom stereocenters. The maximum Gasteiger partial charge on any atom is 0.262 e. The molecule has 2 heterocycles. The van der Waals surface area contributed by atoms with Crippen LogP contribution in [-0.2, 0) is 11.8 Å². The molecule has 1 aromatic carbocycles. The number of para-hydroxylation sites is 1. The number of hydrogen-bond donors (Lipinski definition) is 1. The smallest absolute Gasteiger partial charge is 0.262 e. The first kappa shape index (κ1) is 18.4. The molecule has 0 saturated carbocycles. The number of fused-ring (bicyclic) bond motifs is 3. The lowest BCUT2D eigenvalue weighted by molar-refractivity contribution is -0.118. The monoisotopic (exact) mass is 373 g/mol. The van der Waals surface area contributed by atoms with Gasteiger partial charge in [-0.25, -0.2) is 0 Å². The van der Waals surface area contributed by atoms with E-state index in [2.05, 4.69) is 22.4 Å². The summed E-state index contributed by atoms with van der Waals surface area (Å²) in [5.41, 5.74) is 0.639. The molecule has 0 saturated heterocycles. The van der Waals surface area contributed by atoms with E-state index in [1.54, 1.807) is 13.1 Å². The van der Waals surface area contributed by atoms with E-state index in [0.717, 1.165) is 18.4 Å². The third-order valence-electron chi connectivity index (χ3n) is 4.28. The van der Waals surface area contributed by atoms with Crippen LogP contribution in [0.5, 0.6) is 0 Å². The molecule has 2 aromatic heterocycles. The summed E-state index contributed by atoms with van der Waals surface area (Å²) in [6.45, 7) is 2.87. The lowest BCUT2D eigenvalue weighted by Gasteiger charge is -2.07. The lowest BCUT2D eigenvalue weighted by Crippen LogP contribution is -2.26. The maximum absolute atomic E-state index is 12.4. The van der Waals surface area contributed by atoms with Crippen molar-refractivity contribution in [3.63, 3.8) is 0 Å². The fourth-order valence-corrected chi connectivity index (χ4v) is 3.64. The van der Waals surface area contributed by atoms with E-state index in [0.29, 0.717) is 22.9 Å². The third kappa shape index (κ3) is 3.75. The van der Waals surface area contributed by atoms with E-state index in [1.807, 2.05) is 22.6 Å². The Morgan fingerprint density at radius 1 is 1.19 bits per heavy atom. The third-order valence-corrected chi connectivity index (χ3v) is 5.21. The molecule has 3 rings (SSSR count). The number of hydrogen-bond acceptors (Lipinski definition) is 5. The van der Waals surface area contributed by atoms with E-state index in [9.17, 15) is 9.59 Å². The summed E-state index contributed by atoms with van der Waals surface area (Å²) in [4.78, 5) is 24.5. The summed E-state index contributed by atoms with van der Waals surface area (Å²) >= 11 is 1.32. The number of thioether (sulfide) groups is 1. The number of carbonyl (C=O) groups excluding carboxylic acids is 1. The van der Waals surface area contributed by atoms with Gasteiger partial charge in [0.15, 0.2) is 5.16 Å². The highest BCUT2D eigenvalue weighted by atomic mass is 32.2. The van der Waals surface area contributed by atoms with Crippen molar-refractivity contribution in [1.29, 1.82) is 0 Å². The summed E-state index contributed by atoms with van der Waals surface area (Å²) in [5, 5.41) is 12.4. The predicted molar refractivity (Wildman–Crippen MR) is 104 cm³/mol. The molecule has 1 N–H and O–H groups in total. The van der Waals surface area contributed by atoms with Gasteiger partial charge >= 0.3 is 0 Å². The highest BCUT2D eigenvalue weighted by molar-refractivity contribution is 7.99. The van der Waals surface area contributed by atoms with Gasteiger partial charge in [0.1, 0.15) is 0 Å². The van der Waals surface area contributed by atoms with Gasteiger partial charge in [-0.05, 0) is 18.6 Å². The summed E-state index contributed by atoms with van der Waals surface area (Å²) in [6, 6.07) is 7.36. The van der Waals surface area contributed by atoms with Crippen molar-refractivity contribution in [1.82, 2.24) is 24.5 Å². The van der Waals surface area contributed by atoms with Crippen molar-refractivity contribution < 1.29 is 4.79 Å². The van der Waals surface area contributed by atoms with Gasteiger partial charge in [-0.2, -0.15) is 0 Å². The normalized spacial score (nSPS) is 11.3. The number of nitrogens with zero attached hydrogens (tertiary/aromatic N) is 4. The number of aryl methyl sites for hydroxylation is 1. The average molecular weight is 373 g/mol. The van der Waals surface area contributed by atoms with Gasteiger partial charge in [0, 0.05) is 13.6 Å². The van der Waals surface area contributed by atoms with Crippen LogP contribution >= 0.6 is 11.8 Å². The number of aromatic nitrogens is 4. The van der Waals surface area contributed by atoms with Gasteiger partial charge in [-0.1, -0.05) is 50.1 Å². The number of carbonyl (C=O) groups is 1. The number of unbranched alkanes of at least 4 members (excludes halogenated alkanes) is 3. The fourth-order valence-electron chi connectivity index (χ4n) is 2.87. The molecular formula is C18H23N5O2S. The first-order valence-electron chi connectivity index (χ1n) is 8.86. The average Bonchev–Trinajstić information content (AvgIpc) is 3.08. The van der Waals surface area contributed by atoms with Crippen molar-refractivity contribution in [2.75, 3.05) is 12.3 Å². The zero-order valence-corrected chi connectivity index (χ0v) is 15.9. The maximum atomic E-state index is 12.4. The molecule has 0 aliphatic heterocycles. The fraction of sp³-hybridized carbons (Fsp3) is 0.444. The molecule has 138 valence electrons. The summed E-state index contributed by atoms with van der Waals surface area (Å²) in [5.74, 6) is 0.722. The Balaban J connectivity index is 1.75. The molecule has 26 heavy (non-hydrogen) atoms. The van der Waals surface area contributed by atoms with Gasteiger partial charge in [0.2, 0.25) is 11.7 Å². The van der Waals surface area contributed by atoms with Crippen LogP contribution in [0.3, 0.4) is 0 Å². The Bertz CT molecular complexity index is 979. The minimum absolute atomic E-state index is 0.0163. The molecule has 0 unspecified atom stereocenters. The van der Waals surface area contributed by atoms with Gasteiger partial charge in [0.25, 0.3) is 5.56 Å². The Kier molecular flexibility index (Phi) is 5.92. The van der Waals surface area contributed by atoms with Gasteiger partial charge in [-0.15, -0.1) is 10.2 Å². The molecule has 8 heteroatoms. The second kappa shape index (κ2) is 8.35. The first-order chi connectivity index (χ1) is 12.6. The van der Waals surface area contributed by atoms with Crippen LogP contribution in [0.25, 0.3) is 16.7 Å². The second-order valence-electron chi connectivity index (χ2n) is 6.20. The highest BCUT2D eigenvalue weighted by Crippen LogP contribution is 2.20. The molecule has 0 spiro atoms. The molecule has 7 nitrogen and oxygen atoms in total. The van der Waals surface area contributed by atoms with Crippen molar-refractivity contribution in [3.05, 3.63) is 34.6 Å². The lowest BCUT2D eigenvalue weighted by atomic mass is 10.2. The number of benzene rings is 1. The minimum Gasteiger partial charge on any atom is -0.355 e. The first-order valence-corrected chi connectivity index (χ1v) is 9.84. The SMILES string of the molecule is CCCCCCNC(=O)CSc1nnc2n(C)c(=O)c3ccccc3n12. The molecule has 3 aromatic rings. The van der Waals surface area contributed by atoms with Crippen LogP contribution in [0.15, 0.2) is 34.2 Å². The highest BCUT2D eigenvalue weighted by Gasteiger charge is 2.15. The van der Waals surface area contributed by atoms with E-state index in [-0.39, 0.29) is 17.2 Å². The molecule has 0 aliphatic carbocycles. The Morgan fingerprint density at radius 2 is 2.00 bits per heavy atom. The number of nitrogens with one attached hydrogen (secondary N) is 1. The summed E-state index contributed by atoms with van der Waals surface area (Å²) < 4.78 is 3.31. The number of rotatable bonds is 8. The predicted octanol–water partition coefficient (Wildman–Crippen LogP) is 2.37. The van der Waals surface area contributed by atoms with Crippen molar-refractivity contribution in [2.45, 2.75) is 37.8 Å². The van der Waals surface area contributed by atoms with Gasteiger partial charge in [0.05, 0.1) is 16.7 Å². The van der Waals surface area contributed by atoms with Gasteiger partial charge < -0.3 is 5.32 Å². The van der Waals surface area contributed by atoms with Crippen LogP contribution in [-0.4, -0.2) is 37.4 Å². The molecular weight excluding hydrogens is 350 g/mol. The van der Waals surface area contributed by atoms with E-state index in [4.69, 9.17) is 0 Å². The largest absolute Gasteiger partial charge is 0.355 e. The zero-order valence-electron chi connectivity index (χ0n) is 15.1. The Hall–Kier alpha value is -2.35. The molecule has 1 amide bonds. The molecule has 0 radical (unpaired) electrons. The topological polar surface area (TPSA) is 81.3 Å². The summed E-state index contributed by atoms with van der Waals surface area (Å²) in [6.07, 6.45) is 4.52. The molecule has 0 fully saturated rings. The van der Waals surface area contributed by atoms with Crippen LogP contribution in [0.1, 0.15) is 32.6 Å². The van der Waals surface area contributed by atoms with Gasteiger partial charge in [-0.3, -0.25) is 18.6 Å². The van der Waals surface area contributed by atoms with Crippen LogP contribution in [0.4, 0.5) is 0 Å². The van der Waals surface area contributed by atoms with Crippen molar-refractivity contribution in [2.24, 2.45) is 7.05 Å². The van der Waals surface area contributed by atoms with E-state index < -0.39 is 0 Å². The van der Waals surface area contributed by atoms with Crippen molar-refractivity contribution in [3.8, 4) is 0 Å². The Labute approximate surface area is 155 Å². The summed E-state index contributed by atoms with van der Waals surface area (Å²) in [7, 11) is 1.68. The number of amides is 1.